The smallest absolute Gasteiger partial charge is 0.211 e. The maximum atomic E-state index is 11.4. The molecule has 0 saturated heterocycles. The van der Waals surface area contributed by atoms with Crippen LogP contribution in [0.25, 0.3) is 0 Å². The summed E-state index contributed by atoms with van der Waals surface area (Å²) in [7, 11) is -3.10. The number of hydrogen-bond donors (Lipinski definition) is 1. The van der Waals surface area contributed by atoms with E-state index in [1.54, 1.807) is 6.92 Å². The van der Waals surface area contributed by atoms with Crippen LogP contribution in [0.2, 0.25) is 5.02 Å². The zero-order chi connectivity index (χ0) is 12.5. The number of rotatable bonds is 5. The summed E-state index contributed by atoms with van der Waals surface area (Å²) in [6.45, 7) is 2.13. The number of sulfonamides is 1. The van der Waals surface area contributed by atoms with Crippen LogP contribution in [-0.4, -0.2) is 20.7 Å². The van der Waals surface area contributed by atoms with Gasteiger partial charge in [0.25, 0.3) is 0 Å². The van der Waals surface area contributed by atoms with Gasteiger partial charge in [-0.3, -0.25) is 0 Å². The molecular formula is C12H16ClNO2S. The molecule has 0 unspecified atom stereocenters. The molecule has 3 nitrogen and oxygen atoms in total. The Bertz CT molecular complexity index is 492. The third-order valence-electron chi connectivity index (χ3n) is 3.32. The van der Waals surface area contributed by atoms with Crippen LogP contribution in [0.4, 0.5) is 0 Å². The summed E-state index contributed by atoms with van der Waals surface area (Å²) in [5, 5.41) is 0.707. The van der Waals surface area contributed by atoms with Crippen molar-refractivity contribution in [3.63, 3.8) is 0 Å². The second-order valence-corrected chi connectivity index (χ2v) is 7.04. The molecule has 0 spiro atoms. The van der Waals surface area contributed by atoms with E-state index in [1.807, 2.05) is 24.3 Å². The fourth-order valence-corrected chi connectivity index (χ4v) is 2.70. The van der Waals surface area contributed by atoms with E-state index in [0.29, 0.717) is 11.6 Å². The maximum absolute atomic E-state index is 11.4. The zero-order valence-electron chi connectivity index (χ0n) is 9.74. The molecule has 94 valence electrons. The topological polar surface area (TPSA) is 46.2 Å². The molecular weight excluding hydrogens is 258 g/mol. The largest absolute Gasteiger partial charge is 0.214 e. The van der Waals surface area contributed by atoms with Crippen molar-refractivity contribution < 1.29 is 8.42 Å². The Kier molecular flexibility index (Phi) is 3.48. The first-order valence-corrected chi connectivity index (χ1v) is 7.74. The van der Waals surface area contributed by atoms with Gasteiger partial charge in [0.1, 0.15) is 0 Å². The lowest BCUT2D eigenvalue weighted by Gasteiger charge is -2.16. The first-order chi connectivity index (χ1) is 7.97. The molecule has 2 rings (SSSR count). The minimum Gasteiger partial charge on any atom is -0.214 e. The Morgan fingerprint density at radius 2 is 1.88 bits per heavy atom. The van der Waals surface area contributed by atoms with Crippen molar-refractivity contribution in [3.05, 3.63) is 34.9 Å². The Morgan fingerprint density at radius 1 is 1.29 bits per heavy atom. The molecule has 0 heterocycles. The van der Waals surface area contributed by atoms with E-state index in [9.17, 15) is 8.42 Å². The summed E-state index contributed by atoms with van der Waals surface area (Å²) in [6, 6.07) is 7.67. The van der Waals surface area contributed by atoms with Crippen LogP contribution in [-0.2, 0) is 15.4 Å². The van der Waals surface area contributed by atoms with Crippen molar-refractivity contribution in [1.29, 1.82) is 0 Å². The summed E-state index contributed by atoms with van der Waals surface area (Å²) < 4.78 is 25.5. The zero-order valence-corrected chi connectivity index (χ0v) is 11.3. The fourth-order valence-electron chi connectivity index (χ4n) is 1.87. The summed E-state index contributed by atoms with van der Waals surface area (Å²) in [6.07, 6.45) is 2.06. The van der Waals surface area contributed by atoms with Gasteiger partial charge in [-0.25, -0.2) is 13.1 Å². The molecule has 1 aliphatic rings. The third kappa shape index (κ3) is 3.00. The van der Waals surface area contributed by atoms with E-state index in [0.717, 1.165) is 12.8 Å². The quantitative estimate of drug-likeness (QED) is 0.895. The molecule has 1 aliphatic carbocycles. The Balaban J connectivity index is 2.08. The molecule has 5 heteroatoms. The van der Waals surface area contributed by atoms with Gasteiger partial charge in [0.05, 0.1) is 5.75 Å². The molecule has 0 radical (unpaired) electrons. The third-order valence-corrected chi connectivity index (χ3v) is 4.92. The predicted molar refractivity (Wildman–Crippen MR) is 69.8 cm³/mol. The van der Waals surface area contributed by atoms with Crippen molar-refractivity contribution in [3.8, 4) is 0 Å². The molecule has 0 aliphatic heterocycles. The van der Waals surface area contributed by atoms with Crippen molar-refractivity contribution in [1.82, 2.24) is 4.72 Å². The average molecular weight is 274 g/mol. The number of halogens is 1. The van der Waals surface area contributed by atoms with Crippen LogP contribution in [0.15, 0.2) is 24.3 Å². The van der Waals surface area contributed by atoms with Crippen LogP contribution >= 0.6 is 11.6 Å². The Hall–Kier alpha value is -0.580. The Morgan fingerprint density at radius 3 is 2.35 bits per heavy atom. The highest BCUT2D eigenvalue weighted by atomic mass is 35.5. The summed E-state index contributed by atoms with van der Waals surface area (Å²) in [5.74, 6) is 0.129. The van der Waals surface area contributed by atoms with Crippen molar-refractivity contribution in [2.24, 2.45) is 0 Å². The van der Waals surface area contributed by atoms with Crippen LogP contribution in [0.1, 0.15) is 25.3 Å². The molecule has 1 aromatic carbocycles. The highest BCUT2D eigenvalue weighted by molar-refractivity contribution is 7.89. The molecule has 1 aromatic rings. The number of hydrogen-bond acceptors (Lipinski definition) is 2. The lowest BCUT2D eigenvalue weighted by atomic mass is 9.96. The lowest BCUT2D eigenvalue weighted by Crippen LogP contribution is -2.33. The van der Waals surface area contributed by atoms with Crippen LogP contribution in [0.5, 0.6) is 0 Å². The van der Waals surface area contributed by atoms with Crippen molar-refractivity contribution in [2.75, 3.05) is 12.3 Å². The lowest BCUT2D eigenvalue weighted by molar-refractivity contribution is 0.568. The average Bonchev–Trinajstić information content (AvgIpc) is 3.09. The van der Waals surface area contributed by atoms with Gasteiger partial charge in [0.2, 0.25) is 10.0 Å². The fraction of sp³-hybridized carbons (Fsp3) is 0.500. The molecule has 1 N–H and O–H groups in total. The summed E-state index contributed by atoms with van der Waals surface area (Å²) >= 11 is 5.84. The van der Waals surface area contributed by atoms with Gasteiger partial charge in [0, 0.05) is 17.0 Å². The molecule has 1 saturated carbocycles. The van der Waals surface area contributed by atoms with E-state index in [2.05, 4.69) is 4.72 Å². The van der Waals surface area contributed by atoms with Gasteiger partial charge >= 0.3 is 0 Å². The van der Waals surface area contributed by atoms with Gasteiger partial charge in [-0.15, -0.1) is 0 Å². The SMILES string of the molecule is CCS(=O)(=O)NCC1(c2ccc(Cl)cc2)CC1. The molecule has 1 fully saturated rings. The van der Waals surface area contributed by atoms with E-state index in [-0.39, 0.29) is 11.2 Å². The first-order valence-electron chi connectivity index (χ1n) is 5.71. The molecule has 0 atom stereocenters. The molecule has 17 heavy (non-hydrogen) atoms. The van der Waals surface area contributed by atoms with Gasteiger partial charge in [0.15, 0.2) is 0 Å². The highest BCUT2D eigenvalue weighted by Gasteiger charge is 2.44. The molecule has 0 amide bonds. The Labute approximate surface area is 107 Å². The van der Waals surface area contributed by atoms with Gasteiger partial charge in [-0.2, -0.15) is 0 Å². The van der Waals surface area contributed by atoms with Crippen LogP contribution in [0, 0.1) is 0 Å². The normalized spacial score (nSPS) is 18.0. The van der Waals surface area contributed by atoms with Crippen LogP contribution in [0.3, 0.4) is 0 Å². The monoisotopic (exact) mass is 273 g/mol. The van der Waals surface area contributed by atoms with E-state index in [4.69, 9.17) is 11.6 Å². The molecule has 0 bridgehead atoms. The number of nitrogens with one attached hydrogen (secondary N) is 1. The second-order valence-electron chi connectivity index (χ2n) is 4.51. The first kappa shape index (κ1) is 12.9. The number of benzene rings is 1. The van der Waals surface area contributed by atoms with E-state index in [1.165, 1.54) is 5.56 Å². The second kappa shape index (κ2) is 4.59. The van der Waals surface area contributed by atoms with Gasteiger partial charge in [-0.05, 0) is 37.5 Å². The summed E-state index contributed by atoms with van der Waals surface area (Å²) in [5.41, 5.74) is 1.16. The van der Waals surface area contributed by atoms with Gasteiger partial charge < -0.3 is 0 Å². The predicted octanol–water partition coefficient (Wildman–Crippen LogP) is 2.31. The summed E-state index contributed by atoms with van der Waals surface area (Å²) in [4.78, 5) is 0. The van der Waals surface area contributed by atoms with Crippen LogP contribution < -0.4 is 4.72 Å². The minimum atomic E-state index is -3.10. The maximum Gasteiger partial charge on any atom is 0.211 e. The van der Waals surface area contributed by atoms with Crippen molar-refractivity contribution in [2.45, 2.75) is 25.2 Å². The molecule has 0 aromatic heterocycles. The minimum absolute atomic E-state index is 0.00711. The van der Waals surface area contributed by atoms with Gasteiger partial charge in [-0.1, -0.05) is 23.7 Å². The van der Waals surface area contributed by atoms with E-state index >= 15 is 0 Å². The van der Waals surface area contributed by atoms with Crippen molar-refractivity contribution >= 4 is 21.6 Å². The standard InChI is InChI=1S/C12H16ClNO2S/c1-2-17(15,16)14-9-12(7-8-12)10-3-5-11(13)6-4-10/h3-6,14H,2,7-9H2,1H3. The highest BCUT2D eigenvalue weighted by Crippen LogP contribution is 2.47. The van der Waals surface area contributed by atoms with E-state index < -0.39 is 10.0 Å².